The molecule has 0 aromatic heterocycles. The lowest BCUT2D eigenvalue weighted by Gasteiger charge is -2.35. The van der Waals surface area contributed by atoms with Crippen molar-refractivity contribution in [3.8, 4) is 0 Å². The Balaban J connectivity index is 0.000000284. The molecular weight excluding hydrogens is 435 g/mol. The van der Waals surface area contributed by atoms with Crippen molar-refractivity contribution in [3.05, 3.63) is 0 Å². The summed E-state index contributed by atoms with van der Waals surface area (Å²) in [6, 6.07) is 0. The van der Waals surface area contributed by atoms with E-state index in [-0.39, 0.29) is 17.1 Å². The second kappa shape index (κ2) is 7.03. The molecule has 2 bridgehead atoms. The monoisotopic (exact) mass is 452 g/mol. The summed E-state index contributed by atoms with van der Waals surface area (Å²) in [5.41, 5.74) is -1.12. The Morgan fingerprint density at radius 3 is 1.79 bits per heavy atom. The Morgan fingerprint density at radius 2 is 1.57 bits per heavy atom. The van der Waals surface area contributed by atoms with Crippen molar-refractivity contribution in [1.82, 2.24) is 0 Å². The number of carbonyl (C=O) groups is 1. The van der Waals surface area contributed by atoms with Gasteiger partial charge in [0, 0.05) is 6.42 Å². The van der Waals surface area contributed by atoms with Gasteiger partial charge >= 0.3 is 24.4 Å². The lowest BCUT2D eigenvalue weighted by atomic mass is 9.70. The van der Waals surface area contributed by atoms with Crippen LogP contribution in [-0.2, 0) is 14.9 Å². The molecule has 0 aromatic rings. The minimum Gasteiger partial charge on any atom is -0.299 e. The molecule has 14 heteroatoms. The van der Waals surface area contributed by atoms with E-state index in [4.69, 9.17) is 4.55 Å². The van der Waals surface area contributed by atoms with E-state index in [1.807, 2.05) is 13.8 Å². The maximum Gasteiger partial charge on any atom is 0.460 e. The Labute approximate surface area is 154 Å². The van der Waals surface area contributed by atoms with Gasteiger partial charge < -0.3 is 0 Å². The molecule has 0 heterocycles. The van der Waals surface area contributed by atoms with Gasteiger partial charge in [-0.05, 0) is 24.2 Å². The molecule has 28 heavy (non-hydrogen) atoms. The quantitative estimate of drug-likeness (QED) is 0.509. The van der Waals surface area contributed by atoms with Gasteiger partial charge in [-0.1, -0.05) is 13.8 Å². The van der Waals surface area contributed by atoms with Gasteiger partial charge in [-0.3, -0.25) is 9.35 Å². The third-order valence-electron chi connectivity index (χ3n) is 5.62. The Bertz CT molecular complexity index is 715. The largest absolute Gasteiger partial charge is 0.460 e. The first-order valence-electron chi connectivity index (χ1n) is 7.72. The van der Waals surface area contributed by atoms with Gasteiger partial charge in [0.15, 0.2) is 0 Å². The summed E-state index contributed by atoms with van der Waals surface area (Å²) in [6.07, 6.45) is -9.81. The molecule has 166 valence electrons. The summed E-state index contributed by atoms with van der Waals surface area (Å²) >= 11 is 0. The fraction of sp³-hybridized carbons (Fsp3) is 0.929. The number of halogens is 9. The van der Waals surface area contributed by atoms with E-state index in [1.54, 1.807) is 0 Å². The maximum atomic E-state index is 11.9. The molecule has 2 unspecified atom stereocenters. The highest BCUT2D eigenvalue weighted by molar-refractivity contribution is 7.85. The van der Waals surface area contributed by atoms with Gasteiger partial charge in [0.2, 0.25) is 0 Å². The van der Waals surface area contributed by atoms with Gasteiger partial charge in [-0.2, -0.15) is 39.2 Å². The first-order chi connectivity index (χ1) is 12.1. The molecule has 2 saturated carbocycles. The van der Waals surface area contributed by atoms with Crippen LogP contribution < -0.4 is 0 Å². The molecule has 0 saturated heterocycles. The molecule has 4 nitrogen and oxygen atoms in total. The van der Waals surface area contributed by atoms with Gasteiger partial charge in [0.05, 0.1) is 11.2 Å². The average molecular weight is 452 g/mol. The van der Waals surface area contributed by atoms with Crippen LogP contribution in [0.25, 0.3) is 0 Å². The Hall–Kier alpha value is -1.05. The molecule has 2 aliphatic carbocycles. The van der Waals surface area contributed by atoms with Crippen LogP contribution in [0.3, 0.4) is 0 Å². The van der Waals surface area contributed by atoms with Crippen LogP contribution >= 0.6 is 0 Å². The summed E-state index contributed by atoms with van der Waals surface area (Å²) in [6.45, 7) is 3.89. The lowest BCUT2D eigenvalue weighted by molar-refractivity contribution is -0.375. The van der Waals surface area contributed by atoms with Crippen molar-refractivity contribution >= 4 is 15.9 Å². The molecule has 2 aliphatic rings. The van der Waals surface area contributed by atoms with Crippen molar-refractivity contribution in [2.24, 2.45) is 16.7 Å². The molecule has 0 spiro atoms. The van der Waals surface area contributed by atoms with E-state index in [0.29, 0.717) is 12.8 Å². The second-order valence-corrected chi connectivity index (χ2v) is 8.84. The van der Waals surface area contributed by atoms with Crippen molar-refractivity contribution < 1.29 is 57.3 Å². The zero-order valence-electron chi connectivity index (χ0n) is 14.5. The van der Waals surface area contributed by atoms with Crippen LogP contribution in [-0.4, -0.2) is 49.0 Å². The third-order valence-corrected chi connectivity index (χ3v) is 6.47. The van der Waals surface area contributed by atoms with Crippen LogP contribution in [0.4, 0.5) is 39.5 Å². The molecule has 2 rings (SSSR count). The highest BCUT2D eigenvalue weighted by atomic mass is 32.2. The highest BCUT2D eigenvalue weighted by Gasteiger charge is 2.76. The summed E-state index contributed by atoms with van der Waals surface area (Å²) in [4.78, 5) is 11.9. The SMILES string of the molecule is CC1(C)C2CCC1(CS(=O)(=O)O)C(=O)C2.FC(F)C(F)(F)C(F)(F)C(F)(F)F. The Kier molecular flexibility index (Phi) is 6.27. The number of Topliss-reactive ketones (excluding diaryl/α,β-unsaturated/α-hetero) is 1. The van der Waals surface area contributed by atoms with E-state index in [1.165, 1.54) is 0 Å². The van der Waals surface area contributed by atoms with Crippen LogP contribution in [0.2, 0.25) is 0 Å². The van der Waals surface area contributed by atoms with Gasteiger partial charge in [0.1, 0.15) is 5.78 Å². The predicted octanol–water partition coefficient (Wildman–Crippen LogP) is 4.35. The molecule has 2 atom stereocenters. The van der Waals surface area contributed by atoms with Crippen LogP contribution in [0.5, 0.6) is 0 Å². The minimum atomic E-state index is -6.73. The highest BCUT2D eigenvalue weighted by Crippen LogP contribution is 2.64. The fourth-order valence-corrected chi connectivity index (χ4v) is 5.05. The van der Waals surface area contributed by atoms with Gasteiger partial charge in [0.25, 0.3) is 10.1 Å². The third kappa shape index (κ3) is 3.98. The maximum absolute atomic E-state index is 11.9. The number of hydrogen-bond acceptors (Lipinski definition) is 3. The first kappa shape index (κ1) is 25.0. The molecule has 0 radical (unpaired) electrons. The van der Waals surface area contributed by atoms with E-state index >= 15 is 0 Å². The summed E-state index contributed by atoms with van der Waals surface area (Å²) < 4.78 is 133. The van der Waals surface area contributed by atoms with E-state index in [2.05, 4.69) is 0 Å². The van der Waals surface area contributed by atoms with Crippen molar-refractivity contribution in [2.45, 2.75) is 57.6 Å². The topological polar surface area (TPSA) is 71.4 Å². The summed E-state index contributed by atoms with van der Waals surface area (Å²) in [7, 11) is -4.08. The predicted molar refractivity (Wildman–Crippen MR) is 76.9 cm³/mol. The minimum absolute atomic E-state index is 0.0152. The van der Waals surface area contributed by atoms with Crippen LogP contribution in [0, 0.1) is 16.7 Å². The number of fused-ring (bicyclic) bond motifs is 2. The molecular formula is C14H17F9O4S. The van der Waals surface area contributed by atoms with Gasteiger partial charge in [-0.25, -0.2) is 8.78 Å². The Morgan fingerprint density at radius 1 is 1.11 bits per heavy atom. The number of carbonyl (C=O) groups excluding carboxylic acids is 1. The van der Waals surface area contributed by atoms with E-state index < -0.39 is 45.7 Å². The van der Waals surface area contributed by atoms with Crippen LogP contribution in [0.15, 0.2) is 0 Å². The van der Waals surface area contributed by atoms with Crippen molar-refractivity contribution in [1.29, 1.82) is 0 Å². The molecule has 2 fully saturated rings. The molecule has 1 N–H and O–H groups in total. The molecule has 0 amide bonds. The number of ketones is 1. The van der Waals surface area contributed by atoms with Crippen molar-refractivity contribution in [2.75, 3.05) is 5.75 Å². The fourth-order valence-electron chi connectivity index (χ4n) is 3.75. The zero-order chi connectivity index (χ0) is 22.6. The summed E-state index contributed by atoms with van der Waals surface area (Å²) in [5, 5.41) is 0. The standard InChI is InChI=1S/C10H16O4S.C4HF9/c1-9(2)7-3-4-10(9,8(11)5-7)6-15(12,13)14;5-1(6)2(7,8)3(9,10)4(11,12)13/h7H,3-6H2,1-2H3,(H,12,13,14);1H. The number of rotatable bonds is 4. The normalized spacial score (nSPS) is 27.8. The smallest absolute Gasteiger partial charge is 0.299 e. The number of hydrogen-bond donors (Lipinski definition) is 1. The molecule has 0 aliphatic heterocycles. The summed E-state index contributed by atoms with van der Waals surface area (Å²) in [5.74, 6) is -13.2. The second-order valence-electron chi connectivity index (χ2n) is 7.39. The first-order valence-corrected chi connectivity index (χ1v) is 9.33. The van der Waals surface area contributed by atoms with Crippen molar-refractivity contribution in [3.63, 3.8) is 0 Å². The molecule has 0 aromatic carbocycles. The zero-order valence-corrected chi connectivity index (χ0v) is 15.3. The van der Waals surface area contributed by atoms with Gasteiger partial charge in [-0.15, -0.1) is 0 Å². The van der Waals surface area contributed by atoms with Crippen LogP contribution in [0.1, 0.15) is 33.1 Å². The van der Waals surface area contributed by atoms with E-state index in [0.717, 1.165) is 6.42 Å². The number of alkyl halides is 9. The van der Waals surface area contributed by atoms with E-state index in [9.17, 15) is 52.7 Å². The average Bonchev–Trinajstić information content (AvgIpc) is 2.78. The lowest BCUT2D eigenvalue weighted by Crippen LogP contribution is -2.55.